The molecule has 2 nitrogen and oxygen atoms in total. The van der Waals surface area contributed by atoms with Crippen molar-refractivity contribution in [1.82, 2.24) is 5.32 Å². The van der Waals surface area contributed by atoms with E-state index in [1.807, 2.05) is 27.0 Å². The van der Waals surface area contributed by atoms with Crippen molar-refractivity contribution < 1.29 is 4.74 Å². The lowest BCUT2D eigenvalue weighted by Crippen LogP contribution is -2.32. The summed E-state index contributed by atoms with van der Waals surface area (Å²) in [4.78, 5) is 0. The van der Waals surface area contributed by atoms with Crippen LogP contribution in [-0.4, -0.2) is 25.8 Å². The minimum atomic E-state index is 0.435. The van der Waals surface area contributed by atoms with Crippen molar-refractivity contribution in [3.8, 4) is 0 Å². The van der Waals surface area contributed by atoms with E-state index in [1.54, 1.807) is 0 Å². The number of likely N-dealkylation sites (N-methyl/N-ethyl adjacent to an activating group) is 1. The third kappa shape index (κ3) is 4.02. The third-order valence-electron chi connectivity index (χ3n) is 2.48. The highest BCUT2D eigenvalue weighted by Crippen LogP contribution is 2.17. The Kier molecular flexibility index (Phi) is 5.37. The van der Waals surface area contributed by atoms with Crippen LogP contribution in [0, 0.1) is 0 Å². The maximum Gasteiger partial charge on any atom is 0.0965 e. The summed E-state index contributed by atoms with van der Waals surface area (Å²) in [5.41, 5.74) is 1.37. The van der Waals surface area contributed by atoms with Crippen LogP contribution in [0.4, 0.5) is 0 Å². The second kappa shape index (κ2) is 6.59. The summed E-state index contributed by atoms with van der Waals surface area (Å²) in [5, 5.41) is 3.29. The van der Waals surface area contributed by atoms with Crippen LogP contribution in [-0.2, 0) is 11.2 Å². The fourth-order valence-electron chi connectivity index (χ4n) is 1.58. The standard InChI is InChI=1S/C11H15NO.C2H6/c1-12-10(11-8-13-11)7-9-5-3-2-4-6-9;1-2/h2-6,10-12H,7-8H2,1H3;1-2H3/t10-,11+;/m0./s1. The first kappa shape index (κ1) is 12.2. The molecule has 1 aromatic rings. The number of ether oxygens (including phenoxy) is 1. The smallest absolute Gasteiger partial charge is 0.0965 e. The van der Waals surface area contributed by atoms with Gasteiger partial charge in [0.05, 0.1) is 12.7 Å². The van der Waals surface area contributed by atoms with E-state index in [1.165, 1.54) is 5.56 Å². The maximum atomic E-state index is 5.27. The molecule has 0 spiro atoms. The highest BCUT2D eigenvalue weighted by Gasteiger charge is 2.31. The Morgan fingerprint density at radius 1 is 1.33 bits per heavy atom. The van der Waals surface area contributed by atoms with Crippen LogP contribution in [0.3, 0.4) is 0 Å². The van der Waals surface area contributed by atoms with Crippen molar-refractivity contribution in [1.29, 1.82) is 0 Å². The average molecular weight is 207 g/mol. The Bertz CT molecular complexity index is 256. The molecule has 1 heterocycles. The molecule has 0 amide bonds. The molecule has 1 saturated heterocycles. The quantitative estimate of drug-likeness (QED) is 0.766. The molecule has 2 heteroatoms. The molecule has 0 bridgehead atoms. The summed E-state index contributed by atoms with van der Waals surface area (Å²) in [6, 6.07) is 11.0. The van der Waals surface area contributed by atoms with Gasteiger partial charge in [0.2, 0.25) is 0 Å². The van der Waals surface area contributed by atoms with Crippen LogP contribution < -0.4 is 5.32 Å². The Morgan fingerprint density at radius 3 is 2.40 bits per heavy atom. The first-order valence-corrected chi connectivity index (χ1v) is 5.73. The summed E-state index contributed by atoms with van der Waals surface area (Å²) in [6.07, 6.45) is 1.49. The predicted octanol–water partition coefficient (Wildman–Crippen LogP) is 2.24. The van der Waals surface area contributed by atoms with Crippen molar-refractivity contribution in [2.45, 2.75) is 32.4 Å². The van der Waals surface area contributed by atoms with Gasteiger partial charge in [0.15, 0.2) is 0 Å². The summed E-state index contributed by atoms with van der Waals surface area (Å²) < 4.78 is 5.27. The topological polar surface area (TPSA) is 24.6 Å². The van der Waals surface area contributed by atoms with Gasteiger partial charge < -0.3 is 10.1 Å². The molecular formula is C13H21NO. The summed E-state index contributed by atoms with van der Waals surface area (Å²) >= 11 is 0. The van der Waals surface area contributed by atoms with Crippen molar-refractivity contribution in [2.24, 2.45) is 0 Å². The lowest BCUT2D eigenvalue weighted by Gasteiger charge is -2.12. The number of rotatable bonds is 4. The van der Waals surface area contributed by atoms with Gasteiger partial charge in [0.1, 0.15) is 0 Å². The summed E-state index contributed by atoms with van der Waals surface area (Å²) in [6.45, 7) is 4.92. The van der Waals surface area contributed by atoms with Gasteiger partial charge in [-0.1, -0.05) is 44.2 Å². The Labute approximate surface area is 92.6 Å². The van der Waals surface area contributed by atoms with Crippen LogP contribution in [0.1, 0.15) is 19.4 Å². The van der Waals surface area contributed by atoms with E-state index in [0.717, 1.165) is 13.0 Å². The molecular weight excluding hydrogens is 186 g/mol. The first-order valence-electron chi connectivity index (χ1n) is 5.73. The lowest BCUT2D eigenvalue weighted by atomic mass is 10.0. The van der Waals surface area contributed by atoms with Crippen molar-refractivity contribution in [3.05, 3.63) is 35.9 Å². The molecule has 15 heavy (non-hydrogen) atoms. The fraction of sp³-hybridized carbons (Fsp3) is 0.538. The SMILES string of the molecule is CC.CN[C@@H](Cc1ccccc1)[C@H]1CO1. The molecule has 1 aliphatic heterocycles. The van der Waals surface area contributed by atoms with E-state index in [2.05, 4.69) is 29.6 Å². The number of epoxide rings is 1. The van der Waals surface area contributed by atoms with E-state index in [4.69, 9.17) is 4.74 Å². The summed E-state index contributed by atoms with van der Waals surface area (Å²) in [7, 11) is 2.00. The number of benzene rings is 1. The number of hydrogen-bond acceptors (Lipinski definition) is 2. The third-order valence-corrected chi connectivity index (χ3v) is 2.48. The molecule has 1 aliphatic rings. The van der Waals surface area contributed by atoms with E-state index in [9.17, 15) is 0 Å². The van der Waals surface area contributed by atoms with Crippen LogP contribution in [0.25, 0.3) is 0 Å². The van der Waals surface area contributed by atoms with Gasteiger partial charge in [0, 0.05) is 6.04 Å². The molecule has 2 atom stereocenters. The molecule has 0 radical (unpaired) electrons. The van der Waals surface area contributed by atoms with Crippen molar-refractivity contribution in [2.75, 3.05) is 13.7 Å². The summed E-state index contributed by atoms with van der Waals surface area (Å²) in [5.74, 6) is 0. The molecule has 1 N–H and O–H groups in total. The van der Waals surface area contributed by atoms with Gasteiger partial charge in [-0.25, -0.2) is 0 Å². The molecule has 0 aliphatic carbocycles. The van der Waals surface area contributed by atoms with Crippen LogP contribution >= 0.6 is 0 Å². The molecule has 1 fully saturated rings. The zero-order chi connectivity index (χ0) is 11.1. The van der Waals surface area contributed by atoms with Gasteiger partial charge in [-0.2, -0.15) is 0 Å². The molecule has 0 unspecified atom stereocenters. The Morgan fingerprint density at radius 2 is 1.93 bits per heavy atom. The highest BCUT2D eigenvalue weighted by molar-refractivity contribution is 5.16. The maximum absolute atomic E-state index is 5.27. The minimum absolute atomic E-state index is 0.435. The lowest BCUT2D eigenvalue weighted by molar-refractivity contribution is 0.349. The zero-order valence-electron chi connectivity index (χ0n) is 9.86. The van der Waals surface area contributed by atoms with E-state index < -0.39 is 0 Å². The van der Waals surface area contributed by atoms with Crippen molar-refractivity contribution in [3.63, 3.8) is 0 Å². The van der Waals surface area contributed by atoms with E-state index >= 15 is 0 Å². The number of nitrogens with one attached hydrogen (secondary N) is 1. The van der Waals surface area contributed by atoms with Gasteiger partial charge in [-0.15, -0.1) is 0 Å². The Hall–Kier alpha value is -0.860. The molecule has 1 aromatic carbocycles. The van der Waals surface area contributed by atoms with Gasteiger partial charge in [-0.3, -0.25) is 0 Å². The number of hydrogen-bond donors (Lipinski definition) is 1. The van der Waals surface area contributed by atoms with Crippen LogP contribution in [0.15, 0.2) is 30.3 Å². The van der Waals surface area contributed by atoms with Gasteiger partial charge in [-0.05, 0) is 19.0 Å². The highest BCUT2D eigenvalue weighted by atomic mass is 16.6. The van der Waals surface area contributed by atoms with Gasteiger partial charge in [0.25, 0.3) is 0 Å². The minimum Gasteiger partial charge on any atom is -0.371 e. The molecule has 84 valence electrons. The first-order chi connectivity index (χ1) is 7.40. The molecule has 0 aromatic heterocycles. The monoisotopic (exact) mass is 207 g/mol. The molecule has 0 saturated carbocycles. The predicted molar refractivity (Wildman–Crippen MR) is 64.1 cm³/mol. The average Bonchev–Trinajstić information content (AvgIpc) is 3.14. The second-order valence-electron chi connectivity index (χ2n) is 3.46. The normalized spacial score (nSPS) is 20.1. The van der Waals surface area contributed by atoms with E-state index in [-0.39, 0.29) is 0 Å². The van der Waals surface area contributed by atoms with Crippen molar-refractivity contribution >= 4 is 0 Å². The second-order valence-corrected chi connectivity index (χ2v) is 3.46. The van der Waals surface area contributed by atoms with Crippen LogP contribution in [0.5, 0.6) is 0 Å². The van der Waals surface area contributed by atoms with Crippen LogP contribution in [0.2, 0.25) is 0 Å². The molecule has 2 rings (SSSR count). The van der Waals surface area contributed by atoms with E-state index in [0.29, 0.717) is 12.1 Å². The largest absolute Gasteiger partial charge is 0.371 e. The van der Waals surface area contributed by atoms with Gasteiger partial charge >= 0.3 is 0 Å². The Balaban J connectivity index is 0.000000531. The fourth-order valence-corrected chi connectivity index (χ4v) is 1.58. The zero-order valence-corrected chi connectivity index (χ0v) is 9.86.